The van der Waals surface area contributed by atoms with E-state index in [2.05, 4.69) is 38.5 Å². The monoisotopic (exact) mass is 296 g/mol. The standard InChI is InChI=1S/C6H6BrN.C6H7NS/c7-4-6-2-1-3-8-5-6;8-5-6-2-1-3-7-4-6/h1-3,5H,4H2;1-4,8H,5H2. The first-order valence-corrected chi connectivity index (χ1v) is 6.57. The van der Waals surface area contributed by atoms with E-state index in [4.69, 9.17) is 0 Å². The number of nitrogens with zero attached hydrogens (tertiary/aromatic N) is 2. The number of rotatable bonds is 2. The van der Waals surface area contributed by atoms with Gasteiger partial charge in [0.15, 0.2) is 0 Å². The fraction of sp³-hybridized carbons (Fsp3) is 0.167. The van der Waals surface area contributed by atoms with Gasteiger partial charge >= 0.3 is 0 Å². The minimum atomic E-state index is 0.772. The van der Waals surface area contributed by atoms with E-state index >= 15 is 0 Å². The van der Waals surface area contributed by atoms with Crippen LogP contribution in [0.15, 0.2) is 49.1 Å². The summed E-state index contributed by atoms with van der Waals surface area (Å²) in [6, 6.07) is 7.86. The lowest BCUT2D eigenvalue weighted by Crippen LogP contribution is -1.75. The third-order valence-electron chi connectivity index (χ3n) is 1.78. The molecule has 0 N–H and O–H groups in total. The first-order chi connectivity index (χ1) is 7.86. The van der Waals surface area contributed by atoms with Crippen LogP contribution in [-0.4, -0.2) is 9.97 Å². The molecular weight excluding hydrogens is 284 g/mol. The highest BCUT2D eigenvalue weighted by Crippen LogP contribution is 2.00. The van der Waals surface area contributed by atoms with Gasteiger partial charge in [-0.15, -0.1) is 0 Å². The second-order valence-electron chi connectivity index (χ2n) is 3.01. The van der Waals surface area contributed by atoms with Gasteiger partial charge in [-0.25, -0.2) is 0 Å². The summed E-state index contributed by atoms with van der Waals surface area (Å²) in [6.45, 7) is 0. The van der Waals surface area contributed by atoms with Gasteiger partial charge in [0, 0.05) is 35.9 Å². The van der Waals surface area contributed by atoms with Gasteiger partial charge in [-0.2, -0.15) is 12.6 Å². The summed E-state index contributed by atoms with van der Waals surface area (Å²) in [6.07, 6.45) is 7.18. The Balaban J connectivity index is 0.000000160. The molecule has 0 bridgehead atoms. The SMILES string of the molecule is BrCc1cccnc1.SCc1cccnc1. The molecule has 16 heavy (non-hydrogen) atoms. The van der Waals surface area contributed by atoms with Gasteiger partial charge in [-0.1, -0.05) is 28.1 Å². The van der Waals surface area contributed by atoms with Crippen molar-refractivity contribution in [1.82, 2.24) is 9.97 Å². The summed E-state index contributed by atoms with van der Waals surface area (Å²) in [7, 11) is 0. The van der Waals surface area contributed by atoms with Crippen LogP contribution in [-0.2, 0) is 11.1 Å². The number of halogens is 1. The summed E-state index contributed by atoms with van der Waals surface area (Å²) in [5, 5.41) is 0.890. The van der Waals surface area contributed by atoms with Gasteiger partial charge in [0.25, 0.3) is 0 Å². The van der Waals surface area contributed by atoms with Crippen LogP contribution in [0.5, 0.6) is 0 Å². The van der Waals surface area contributed by atoms with Crippen LogP contribution in [0.1, 0.15) is 11.1 Å². The van der Waals surface area contributed by atoms with E-state index in [1.807, 2.05) is 36.7 Å². The number of alkyl halides is 1. The highest BCUT2D eigenvalue weighted by atomic mass is 79.9. The average molecular weight is 297 g/mol. The average Bonchev–Trinajstić information content (AvgIpc) is 2.41. The molecule has 0 amide bonds. The number of aromatic nitrogens is 2. The van der Waals surface area contributed by atoms with Crippen molar-refractivity contribution >= 4 is 28.6 Å². The number of hydrogen-bond donors (Lipinski definition) is 1. The van der Waals surface area contributed by atoms with Crippen molar-refractivity contribution in [2.75, 3.05) is 0 Å². The molecule has 0 aliphatic carbocycles. The molecule has 2 rings (SSSR count). The maximum Gasteiger partial charge on any atom is 0.0308 e. The maximum absolute atomic E-state index is 4.07. The van der Waals surface area contributed by atoms with Crippen LogP contribution < -0.4 is 0 Å². The largest absolute Gasteiger partial charge is 0.264 e. The third-order valence-corrected chi connectivity index (χ3v) is 2.80. The molecule has 0 aromatic carbocycles. The lowest BCUT2D eigenvalue weighted by Gasteiger charge is -1.88. The smallest absolute Gasteiger partial charge is 0.0308 e. The highest BCUT2D eigenvalue weighted by Gasteiger charge is 1.82. The number of hydrogen-bond acceptors (Lipinski definition) is 3. The van der Waals surface area contributed by atoms with E-state index in [1.165, 1.54) is 5.56 Å². The van der Waals surface area contributed by atoms with E-state index in [-0.39, 0.29) is 0 Å². The molecule has 2 heterocycles. The van der Waals surface area contributed by atoms with Gasteiger partial charge in [-0.3, -0.25) is 9.97 Å². The van der Waals surface area contributed by atoms with Crippen LogP contribution in [0.25, 0.3) is 0 Å². The highest BCUT2D eigenvalue weighted by molar-refractivity contribution is 9.08. The molecular formula is C12H13BrN2S. The normalized spacial score (nSPS) is 9.12. The Bertz CT molecular complexity index is 341. The van der Waals surface area contributed by atoms with Gasteiger partial charge < -0.3 is 0 Å². The Hall–Kier alpha value is -0.870. The zero-order valence-electron chi connectivity index (χ0n) is 8.75. The summed E-state index contributed by atoms with van der Waals surface area (Å²) in [5.74, 6) is 0.772. The van der Waals surface area contributed by atoms with Gasteiger partial charge in [-0.05, 0) is 23.3 Å². The molecule has 0 unspecified atom stereocenters. The van der Waals surface area contributed by atoms with Crippen LogP contribution in [0.3, 0.4) is 0 Å². The Labute approximate surface area is 110 Å². The molecule has 0 aliphatic rings. The molecule has 0 fully saturated rings. The van der Waals surface area contributed by atoms with Crippen molar-refractivity contribution in [2.45, 2.75) is 11.1 Å². The molecule has 2 aromatic rings. The molecule has 0 aliphatic heterocycles. The summed E-state index contributed by atoms with van der Waals surface area (Å²) in [5.41, 5.74) is 2.38. The Morgan fingerprint density at radius 2 is 1.56 bits per heavy atom. The summed E-state index contributed by atoms with van der Waals surface area (Å²) in [4.78, 5) is 7.83. The van der Waals surface area contributed by atoms with Crippen molar-refractivity contribution in [1.29, 1.82) is 0 Å². The fourth-order valence-electron chi connectivity index (χ4n) is 0.969. The van der Waals surface area contributed by atoms with Crippen LogP contribution in [0.4, 0.5) is 0 Å². The fourth-order valence-corrected chi connectivity index (χ4v) is 1.49. The van der Waals surface area contributed by atoms with Crippen molar-refractivity contribution < 1.29 is 0 Å². The molecule has 0 saturated carbocycles. The number of pyridine rings is 2. The van der Waals surface area contributed by atoms with Crippen molar-refractivity contribution in [3.63, 3.8) is 0 Å². The Morgan fingerprint density at radius 1 is 1.00 bits per heavy atom. The van der Waals surface area contributed by atoms with Gasteiger partial charge in [0.2, 0.25) is 0 Å². The van der Waals surface area contributed by atoms with E-state index in [0.29, 0.717) is 0 Å². The topological polar surface area (TPSA) is 25.8 Å². The van der Waals surface area contributed by atoms with E-state index in [1.54, 1.807) is 12.4 Å². The second kappa shape index (κ2) is 8.30. The van der Waals surface area contributed by atoms with Gasteiger partial charge in [0.05, 0.1) is 0 Å². The van der Waals surface area contributed by atoms with Crippen molar-refractivity contribution in [3.8, 4) is 0 Å². The molecule has 2 aromatic heterocycles. The third kappa shape index (κ3) is 5.28. The van der Waals surface area contributed by atoms with Crippen LogP contribution >= 0.6 is 28.6 Å². The minimum absolute atomic E-state index is 0.772. The lowest BCUT2D eigenvalue weighted by atomic mass is 10.3. The van der Waals surface area contributed by atoms with Crippen molar-refractivity contribution in [2.24, 2.45) is 0 Å². The predicted octanol–water partition coefficient (Wildman–Crippen LogP) is 3.49. The van der Waals surface area contributed by atoms with E-state index in [9.17, 15) is 0 Å². The molecule has 2 nitrogen and oxygen atoms in total. The van der Waals surface area contributed by atoms with Gasteiger partial charge in [0.1, 0.15) is 0 Å². The number of thiol groups is 1. The maximum atomic E-state index is 4.07. The molecule has 84 valence electrons. The van der Waals surface area contributed by atoms with Crippen LogP contribution in [0, 0.1) is 0 Å². The summed E-state index contributed by atoms with van der Waals surface area (Å²) < 4.78 is 0. The molecule has 0 spiro atoms. The first kappa shape index (κ1) is 13.2. The molecule has 0 atom stereocenters. The predicted molar refractivity (Wildman–Crippen MR) is 73.8 cm³/mol. The van der Waals surface area contributed by atoms with E-state index in [0.717, 1.165) is 16.6 Å². The van der Waals surface area contributed by atoms with Crippen molar-refractivity contribution in [3.05, 3.63) is 60.2 Å². The molecule has 0 radical (unpaired) electrons. The molecule has 0 saturated heterocycles. The Kier molecular flexibility index (Phi) is 6.85. The second-order valence-corrected chi connectivity index (χ2v) is 3.89. The Morgan fingerprint density at radius 3 is 1.81 bits per heavy atom. The van der Waals surface area contributed by atoms with E-state index < -0.39 is 0 Å². The zero-order valence-corrected chi connectivity index (χ0v) is 11.2. The first-order valence-electron chi connectivity index (χ1n) is 4.81. The minimum Gasteiger partial charge on any atom is -0.264 e. The zero-order chi connectivity index (χ0) is 11.6. The lowest BCUT2D eigenvalue weighted by molar-refractivity contribution is 1.26. The quantitative estimate of drug-likeness (QED) is 0.678. The summed E-state index contributed by atoms with van der Waals surface area (Å²) >= 11 is 7.39. The van der Waals surface area contributed by atoms with Crippen LogP contribution in [0.2, 0.25) is 0 Å². The molecule has 4 heteroatoms.